The largest absolute Gasteiger partial charge is 0.384 e. The molecule has 6 heteroatoms. The number of rotatable bonds is 5. The summed E-state index contributed by atoms with van der Waals surface area (Å²) in [5.74, 6) is 3.77. The van der Waals surface area contributed by atoms with E-state index >= 15 is 0 Å². The summed E-state index contributed by atoms with van der Waals surface area (Å²) in [6, 6.07) is 4.48. The first kappa shape index (κ1) is 23.6. The lowest BCUT2D eigenvalue weighted by Gasteiger charge is -2.61. The molecule has 0 radical (unpaired) electrons. The number of benzene rings is 1. The summed E-state index contributed by atoms with van der Waals surface area (Å²) in [4.78, 5) is 13.7. The van der Waals surface area contributed by atoms with E-state index in [2.05, 4.69) is 24.2 Å². The van der Waals surface area contributed by atoms with Gasteiger partial charge < -0.3 is 4.74 Å². The zero-order valence-electron chi connectivity index (χ0n) is 21.5. The van der Waals surface area contributed by atoms with Crippen molar-refractivity contribution in [2.75, 3.05) is 13.7 Å². The Morgan fingerprint density at radius 3 is 2.83 bits per heavy atom. The maximum absolute atomic E-state index is 13.7. The third kappa shape index (κ3) is 3.60. The number of aromatic nitrogens is 3. The molecule has 8 atom stereocenters. The third-order valence-corrected chi connectivity index (χ3v) is 11.2. The van der Waals surface area contributed by atoms with E-state index in [1.165, 1.54) is 57.1 Å². The summed E-state index contributed by atoms with van der Waals surface area (Å²) in [5.41, 5.74) is 1.66. The van der Waals surface area contributed by atoms with Gasteiger partial charge in [-0.25, -0.2) is 9.07 Å². The van der Waals surface area contributed by atoms with Gasteiger partial charge in [0.05, 0.1) is 12.1 Å². The fraction of sp³-hybridized carbons (Fsp3) is 0.759. The molecule has 4 aliphatic carbocycles. The lowest BCUT2D eigenvalue weighted by atomic mass is 9.44. The first-order valence-corrected chi connectivity index (χ1v) is 13.9. The van der Waals surface area contributed by atoms with Crippen molar-refractivity contribution < 1.29 is 13.9 Å². The number of halogens is 1. The van der Waals surface area contributed by atoms with E-state index in [9.17, 15) is 9.18 Å². The van der Waals surface area contributed by atoms with Crippen molar-refractivity contribution in [3.05, 3.63) is 24.0 Å². The van der Waals surface area contributed by atoms with Crippen LogP contribution in [0.5, 0.6) is 0 Å². The fourth-order valence-electron chi connectivity index (χ4n) is 9.66. The quantitative estimate of drug-likeness (QED) is 0.521. The lowest BCUT2D eigenvalue weighted by molar-refractivity contribution is -0.154. The number of ether oxygens (including phenoxy) is 1. The number of ketones is 1. The Hall–Kier alpha value is -1.82. The molecule has 8 unspecified atom stereocenters. The zero-order chi connectivity index (χ0) is 24.4. The van der Waals surface area contributed by atoms with Crippen LogP contribution < -0.4 is 0 Å². The van der Waals surface area contributed by atoms with Gasteiger partial charge in [0.15, 0.2) is 5.78 Å². The van der Waals surface area contributed by atoms with Gasteiger partial charge in [-0.05, 0) is 104 Å². The van der Waals surface area contributed by atoms with Crippen LogP contribution in [0.1, 0.15) is 71.6 Å². The molecule has 1 heterocycles. The Morgan fingerprint density at radius 2 is 2.00 bits per heavy atom. The Labute approximate surface area is 208 Å². The molecule has 0 N–H and O–H groups in total. The molecular weight excluding hydrogens is 441 g/mol. The first-order valence-electron chi connectivity index (χ1n) is 13.9. The van der Waals surface area contributed by atoms with Gasteiger partial charge in [0.1, 0.15) is 17.9 Å². The Bertz CT molecular complexity index is 1120. The van der Waals surface area contributed by atoms with Crippen LogP contribution in [0.15, 0.2) is 18.2 Å². The highest BCUT2D eigenvalue weighted by Gasteiger charge is 2.62. The van der Waals surface area contributed by atoms with Crippen LogP contribution >= 0.6 is 0 Å². The van der Waals surface area contributed by atoms with Crippen LogP contribution in [0.3, 0.4) is 0 Å². The lowest BCUT2D eigenvalue weighted by Crippen LogP contribution is -2.56. The van der Waals surface area contributed by atoms with Crippen LogP contribution in [0, 0.1) is 52.2 Å². The Balaban J connectivity index is 1.23. The molecule has 4 saturated carbocycles. The van der Waals surface area contributed by atoms with Crippen molar-refractivity contribution in [3.8, 4) is 0 Å². The van der Waals surface area contributed by atoms with Gasteiger partial charge in [0, 0.05) is 19.1 Å². The van der Waals surface area contributed by atoms with E-state index in [1.54, 1.807) is 10.7 Å². The second-order valence-corrected chi connectivity index (χ2v) is 12.7. The normalized spacial score (nSPS) is 40.8. The molecule has 0 spiro atoms. The van der Waals surface area contributed by atoms with Gasteiger partial charge in [-0.15, -0.1) is 5.10 Å². The van der Waals surface area contributed by atoms with Crippen LogP contribution in [0.4, 0.5) is 4.39 Å². The molecule has 4 fully saturated rings. The Kier molecular flexibility index (Phi) is 5.82. The van der Waals surface area contributed by atoms with Crippen molar-refractivity contribution in [2.24, 2.45) is 46.3 Å². The average molecular weight is 482 g/mol. The van der Waals surface area contributed by atoms with Crippen molar-refractivity contribution in [3.63, 3.8) is 0 Å². The van der Waals surface area contributed by atoms with E-state index < -0.39 is 0 Å². The minimum atomic E-state index is -0.327. The molecule has 0 aliphatic heterocycles. The topological polar surface area (TPSA) is 57.0 Å². The van der Waals surface area contributed by atoms with Crippen LogP contribution in [0.25, 0.3) is 11.0 Å². The summed E-state index contributed by atoms with van der Waals surface area (Å²) < 4.78 is 21.2. The van der Waals surface area contributed by atoms with Gasteiger partial charge in [-0.3, -0.25) is 4.79 Å². The molecule has 2 aromatic rings. The number of nitrogens with zero attached hydrogens (tertiary/aromatic N) is 3. The highest BCUT2D eigenvalue weighted by Crippen LogP contribution is 2.68. The number of carbonyl (C=O) groups is 1. The van der Waals surface area contributed by atoms with Crippen LogP contribution in [0.2, 0.25) is 0 Å². The maximum atomic E-state index is 13.7. The molecule has 1 aromatic heterocycles. The minimum absolute atomic E-state index is 0.0732. The smallest absolute Gasteiger partial charge is 0.157 e. The van der Waals surface area contributed by atoms with E-state index in [0.717, 1.165) is 48.6 Å². The molecule has 6 rings (SSSR count). The Morgan fingerprint density at radius 1 is 1.14 bits per heavy atom. The fourth-order valence-corrected chi connectivity index (χ4v) is 9.66. The van der Waals surface area contributed by atoms with Crippen LogP contribution in [-0.4, -0.2) is 34.5 Å². The second-order valence-electron chi connectivity index (χ2n) is 12.7. The van der Waals surface area contributed by atoms with Gasteiger partial charge in [-0.1, -0.05) is 25.5 Å². The zero-order valence-corrected chi connectivity index (χ0v) is 21.5. The van der Waals surface area contributed by atoms with Crippen molar-refractivity contribution in [2.45, 2.75) is 78.2 Å². The molecule has 4 aliphatic rings. The molecule has 0 amide bonds. The highest BCUT2D eigenvalue weighted by molar-refractivity contribution is 5.84. The number of hydrogen-bond donors (Lipinski definition) is 0. The standard InChI is InChI=1S/C29H40FN3O2/c1-18-10-13-29(17-35-3)19(14-18)4-6-21-22-7-8-24(28(22,2)12-11-23(21)29)27(34)16-33-26-9-5-20(30)15-25(26)31-32-33/h5,9,15,18-19,21-24H,4,6-8,10-14,16-17H2,1-3H3. The predicted octanol–water partition coefficient (Wildman–Crippen LogP) is 6.06. The monoisotopic (exact) mass is 481 g/mol. The summed E-state index contributed by atoms with van der Waals surface area (Å²) in [6.45, 7) is 5.99. The van der Waals surface area contributed by atoms with Crippen LogP contribution in [-0.2, 0) is 16.1 Å². The van der Waals surface area contributed by atoms with E-state index in [1.807, 2.05) is 7.11 Å². The molecule has 0 saturated heterocycles. The van der Waals surface area contributed by atoms with E-state index in [4.69, 9.17) is 4.74 Å². The van der Waals surface area contributed by atoms with Gasteiger partial charge in [0.25, 0.3) is 0 Å². The molecular formula is C29H40FN3O2. The number of fused-ring (bicyclic) bond motifs is 6. The molecule has 0 bridgehead atoms. The summed E-state index contributed by atoms with van der Waals surface area (Å²) >= 11 is 0. The highest BCUT2D eigenvalue weighted by atomic mass is 19.1. The number of Topliss-reactive ketones (excluding diaryl/α,β-unsaturated/α-hetero) is 1. The number of methoxy groups -OCH3 is 1. The van der Waals surface area contributed by atoms with Gasteiger partial charge >= 0.3 is 0 Å². The maximum Gasteiger partial charge on any atom is 0.157 e. The summed E-state index contributed by atoms with van der Waals surface area (Å²) in [5, 5.41) is 8.28. The van der Waals surface area contributed by atoms with E-state index in [-0.39, 0.29) is 29.5 Å². The number of hydrogen-bond acceptors (Lipinski definition) is 4. The van der Waals surface area contributed by atoms with E-state index in [0.29, 0.717) is 16.8 Å². The molecule has 5 nitrogen and oxygen atoms in total. The number of carbonyl (C=O) groups excluding carboxylic acids is 1. The molecule has 1 aromatic carbocycles. The van der Waals surface area contributed by atoms with Gasteiger partial charge in [-0.2, -0.15) is 0 Å². The minimum Gasteiger partial charge on any atom is -0.384 e. The van der Waals surface area contributed by atoms with Crippen molar-refractivity contribution in [1.29, 1.82) is 0 Å². The second kappa shape index (κ2) is 8.64. The predicted molar refractivity (Wildman–Crippen MR) is 133 cm³/mol. The van der Waals surface area contributed by atoms with Crippen molar-refractivity contribution >= 4 is 16.8 Å². The van der Waals surface area contributed by atoms with Gasteiger partial charge in [0.2, 0.25) is 0 Å². The SMILES string of the molecule is COCC12CCC(C)CC1CCC1C3CCC(C(=O)Cn4nnc5cc(F)ccc54)C3(C)CCC12. The first-order chi connectivity index (χ1) is 16.9. The summed E-state index contributed by atoms with van der Waals surface area (Å²) in [7, 11) is 1.90. The molecule has 35 heavy (non-hydrogen) atoms. The molecule has 190 valence electrons. The van der Waals surface area contributed by atoms with Crippen molar-refractivity contribution in [1.82, 2.24) is 15.0 Å². The summed E-state index contributed by atoms with van der Waals surface area (Å²) in [6.07, 6.45) is 11.2. The average Bonchev–Trinajstić information content (AvgIpc) is 3.39. The third-order valence-electron chi connectivity index (χ3n) is 11.2.